The number of esters is 1. The minimum Gasteiger partial charge on any atom is -0.507 e. The van der Waals surface area contributed by atoms with E-state index in [0.717, 1.165) is 12.1 Å². The second-order valence-corrected chi connectivity index (χ2v) is 6.95. The summed E-state index contributed by atoms with van der Waals surface area (Å²) in [5.74, 6) is -1.83. The maximum Gasteiger partial charge on any atom is 0.342 e. The number of nitro benzene ring substituents is 1. The Labute approximate surface area is 193 Å². The molecule has 0 amide bonds. The summed E-state index contributed by atoms with van der Waals surface area (Å²) in [5, 5.41) is 31.3. The molecule has 0 aromatic heterocycles. The molecule has 0 fully saturated rings. The summed E-state index contributed by atoms with van der Waals surface area (Å²) in [6.45, 7) is -0.291. The summed E-state index contributed by atoms with van der Waals surface area (Å²) >= 11 is 6.04. The van der Waals surface area contributed by atoms with Gasteiger partial charge >= 0.3 is 11.7 Å². The number of phenols is 2. The molecular formula is C21H22ClNO10. The van der Waals surface area contributed by atoms with Gasteiger partial charge in [-0.3, -0.25) is 10.1 Å². The van der Waals surface area contributed by atoms with Crippen LogP contribution in [0.3, 0.4) is 0 Å². The van der Waals surface area contributed by atoms with Crippen molar-refractivity contribution in [1.29, 1.82) is 0 Å². The van der Waals surface area contributed by atoms with Gasteiger partial charge in [-0.2, -0.15) is 0 Å². The van der Waals surface area contributed by atoms with Gasteiger partial charge in [0.05, 0.1) is 49.5 Å². The van der Waals surface area contributed by atoms with E-state index in [2.05, 4.69) is 0 Å². The topological polar surface area (TPSA) is 155 Å². The number of nitrogens with zero attached hydrogens (tertiary/aromatic N) is 1. The number of carbonyl (C=O) groups is 2. The van der Waals surface area contributed by atoms with Gasteiger partial charge in [0, 0.05) is 18.9 Å². The predicted molar refractivity (Wildman–Crippen MR) is 116 cm³/mol. The summed E-state index contributed by atoms with van der Waals surface area (Å²) in [6.07, 6.45) is 0.510. The molecule has 0 spiro atoms. The number of nitro groups is 1. The van der Waals surface area contributed by atoms with Crippen LogP contribution in [-0.4, -0.2) is 55.3 Å². The lowest BCUT2D eigenvalue weighted by Gasteiger charge is -2.17. The summed E-state index contributed by atoms with van der Waals surface area (Å²) in [5.41, 5.74) is -0.378. The molecule has 0 radical (unpaired) electrons. The number of ether oxygens (including phenoxy) is 4. The summed E-state index contributed by atoms with van der Waals surface area (Å²) in [7, 11) is 3.91. The highest BCUT2D eigenvalue weighted by Crippen LogP contribution is 2.44. The first-order chi connectivity index (χ1) is 15.7. The van der Waals surface area contributed by atoms with E-state index in [9.17, 15) is 29.9 Å². The van der Waals surface area contributed by atoms with Crippen molar-refractivity contribution in [2.24, 2.45) is 0 Å². The van der Waals surface area contributed by atoms with E-state index in [-0.39, 0.29) is 70.5 Å². The molecule has 33 heavy (non-hydrogen) atoms. The van der Waals surface area contributed by atoms with Crippen LogP contribution >= 0.6 is 11.6 Å². The van der Waals surface area contributed by atoms with Gasteiger partial charge in [0.15, 0.2) is 11.5 Å². The molecule has 178 valence electrons. The quantitative estimate of drug-likeness (QED) is 0.210. The van der Waals surface area contributed by atoms with E-state index in [0.29, 0.717) is 6.29 Å². The van der Waals surface area contributed by atoms with Crippen molar-refractivity contribution in [2.45, 2.75) is 19.3 Å². The van der Waals surface area contributed by atoms with Gasteiger partial charge in [-0.25, -0.2) is 4.79 Å². The molecule has 2 rings (SSSR count). The molecule has 0 aliphatic heterocycles. The Hall–Kier alpha value is -3.73. The first-order valence-corrected chi connectivity index (χ1v) is 9.89. The summed E-state index contributed by atoms with van der Waals surface area (Å²) < 4.78 is 20.9. The van der Waals surface area contributed by atoms with Gasteiger partial charge in [0.25, 0.3) is 0 Å². The fourth-order valence-corrected chi connectivity index (χ4v) is 3.54. The van der Waals surface area contributed by atoms with Crippen molar-refractivity contribution in [2.75, 3.05) is 27.9 Å². The van der Waals surface area contributed by atoms with Gasteiger partial charge in [0.1, 0.15) is 23.3 Å². The van der Waals surface area contributed by atoms with Crippen LogP contribution in [-0.2, 0) is 22.4 Å². The maximum atomic E-state index is 12.7. The van der Waals surface area contributed by atoms with Crippen LogP contribution in [0, 0.1) is 10.1 Å². The summed E-state index contributed by atoms with van der Waals surface area (Å²) in [6, 6.07) is 2.05. The number of rotatable bonds is 11. The minimum absolute atomic E-state index is 0.00916. The fraction of sp³-hybridized carbons (Fsp3) is 0.333. The number of hydrogen-bond acceptors (Lipinski definition) is 10. The number of phenolic OH excluding ortho intramolecular Hbond substituents is 2. The first kappa shape index (κ1) is 25.5. The standard InChI is InChI=1S/C21H22ClNO10/c1-30-16-9-13(23(28)29)19(31-2)12(20(16)32-3)6-8-33-21(27)17-11(5-4-7-24)18(22)15(26)10-14(17)25/h7,9-10,25-26H,4-6,8H2,1-3H3. The van der Waals surface area contributed by atoms with Crippen LogP contribution in [0.25, 0.3) is 0 Å². The van der Waals surface area contributed by atoms with E-state index in [1.165, 1.54) is 21.3 Å². The Morgan fingerprint density at radius 3 is 2.27 bits per heavy atom. The first-order valence-electron chi connectivity index (χ1n) is 9.51. The molecule has 12 heteroatoms. The third kappa shape index (κ3) is 5.37. The highest BCUT2D eigenvalue weighted by Gasteiger charge is 2.28. The van der Waals surface area contributed by atoms with E-state index in [4.69, 9.17) is 30.5 Å². The van der Waals surface area contributed by atoms with Crippen LogP contribution < -0.4 is 14.2 Å². The van der Waals surface area contributed by atoms with E-state index >= 15 is 0 Å². The van der Waals surface area contributed by atoms with Crippen molar-refractivity contribution < 1.29 is 43.7 Å². The van der Waals surface area contributed by atoms with Gasteiger partial charge < -0.3 is 34.0 Å². The lowest BCUT2D eigenvalue weighted by atomic mass is 10.0. The Morgan fingerprint density at radius 1 is 1.06 bits per heavy atom. The number of carbonyl (C=O) groups excluding carboxylic acids is 2. The molecule has 2 aromatic rings. The molecule has 2 N–H and O–H groups in total. The number of aldehydes is 1. The molecule has 2 aromatic carbocycles. The van der Waals surface area contributed by atoms with Crippen molar-refractivity contribution in [3.05, 3.63) is 44.0 Å². The zero-order valence-corrected chi connectivity index (χ0v) is 18.8. The molecular weight excluding hydrogens is 462 g/mol. The zero-order chi connectivity index (χ0) is 24.7. The number of hydrogen-bond donors (Lipinski definition) is 2. The molecule has 0 aliphatic carbocycles. The molecule has 0 aliphatic rings. The van der Waals surface area contributed by atoms with Crippen molar-refractivity contribution in [3.63, 3.8) is 0 Å². The average Bonchev–Trinajstić information content (AvgIpc) is 2.78. The van der Waals surface area contributed by atoms with E-state index < -0.39 is 22.4 Å². The number of benzene rings is 2. The van der Waals surface area contributed by atoms with Crippen LogP contribution in [0.2, 0.25) is 5.02 Å². The summed E-state index contributed by atoms with van der Waals surface area (Å²) in [4.78, 5) is 34.3. The Morgan fingerprint density at radius 2 is 1.73 bits per heavy atom. The van der Waals surface area contributed by atoms with Gasteiger partial charge in [-0.05, 0) is 12.0 Å². The van der Waals surface area contributed by atoms with Gasteiger partial charge in [-0.15, -0.1) is 0 Å². The molecule has 0 atom stereocenters. The number of halogens is 1. The molecule has 0 unspecified atom stereocenters. The monoisotopic (exact) mass is 483 g/mol. The number of aromatic hydroxyl groups is 2. The van der Waals surface area contributed by atoms with Crippen molar-refractivity contribution in [3.8, 4) is 28.7 Å². The van der Waals surface area contributed by atoms with Gasteiger partial charge in [-0.1, -0.05) is 11.6 Å². The smallest absolute Gasteiger partial charge is 0.342 e. The molecule has 0 saturated carbocycles. The third-order valence-corrected chi connectivity index (χ3v) is 5.14. The zero-order valence-electron chi connectivity index (χ0n) is 18.0. The largest absolute Gasteiger partial charge is 0.507 e. The third-order valence-electron chi connectivity index (χ3n) is 4.72. The van der Waals surface area contributed by atoms with E-state index in [1.54, 1.807) is 0 Å². The average molecular weight is 484 g/mol. The van der Waals surface area contributed by atoms with Crippen LogP contribution in [0.4, 0.5) is 5.69 Å². The Balaban J connectivity index is 2.37. The maximum absolute atomic E-state index is 12.7. The molecule has 11 nitrogen and oxygen atoms in total. The second kappa shape index (κ2) is 11.2. The molecule has 0 heterocycles. The molecule has 0 saturated heterocycles. The lowest BCUT2D eigenvalue weighted by Crippen LogP contribution is -2.13. The minimum atomic E-state index is -0.967. The second-order valence-electron chi connectivity index (χ2n) is 6.57. The highest BCUT2D eigenvalue weighted by atomic mass is 35.5. The lowest BCUT2D eigenvalue weighted by molar-refractivity contribution is -0.385. The number of methoxy groups -OCH3 is 3. The molecule has 0 bridgehead atoms. The Bertz CT molecular complexity index is 1070. The fourth-order valence-electron chi connectivity index (χ4n) is 3.30. The van der Waals surface area contributed by atoms with Crippen LogP contribution in [0.1, 0.15) is 27.9 Å². The van der Waals surface area contributed by atoms with Crippen molar-refractivity contribution in [1.82, 2.24) is 0 Å². The normalized spacial score (nSPS) is 10.4. The van der Waals surface area contributed by atoms with Crippen LogP contribution in [0.5, 0.6) is 28.7 Å². The van der Waals surface area contributed by atoms with E-state index in [1.807, 2.05) is 0 Å². The SMILES string of the molecule is COc1cc([N+](=O)[O-])c(OC)c(CCOC(=O)c2c(O)cc(O)c(Cl)c2CCC=O)c1OC. The van der Waals surface area contributed by atoms with Crippen molar-refractivity contribution >= 4 is 29.5 Å². The Kier molecular flexibility index (Phi) is 8.69. The highest BCUT2D eigenvalue weighted by molar-refractivity contribution is 6.33. The van der Waals surface area contributed by atoms with Gasteiger partial charge in [0.2, 0.25) is 5.75 Å². The predicted octanol–water partition coefficient (Wildman–Crippen LogP) is 3.22. The van der Waals surface area contributed by atoms with Crippen LogP contribution in [0.15, 0.2) is 12.1 Å².